The number of amides is 2. The Labute approximate surface area is 193 Å². The van der Waals surface area contributed by atoms with E-state index in [1.165, 1.54) is 0 Å². The molecule has 1 fully saturated rings. The molecular formula is C25H31N5O3. The number of carbonyl (C=O) groups excluding carboxylic acids is 1. The van der Waals surface area contributed by atoms with Gasteiger partial charge in [-0.15, -0.1) is 0 Å². The molecule has 1 aromatic heterocycles. The zero-order chi connectivity index (χ0) is 23.4. The normalized spacial score (nSPS) is 15.5. The molecule has 1 aliphatic rings. The van der Waals surface area contributed by atoms with Crippen molar-refractivity contribution in [1.82, 2.24) is 19.4 Å². The number of rotatable bonds is 6. The third kappa shape index (κ3) is 4.91. The summed E-state index contributed by atoms with van der Waals surface area (Å²) in [6.07, 6.45) is 0. The highest BCUT2D eigenvalue weighted by atomic mass is 16.5. The summed E-state index contributed by atoms with van der Waals surface area (Å²) in [6, 6.07) is 15.1. The highest BCUT2D eigenvalue weighted by Gasteiger charge is 2.27. The van der Waals surface area contributed by atoms with Gasteiger partial charge in [-0.05, 0) is 37.6 Å². The lowest BCUT2D eigenvalue weighted by Crippen LogP contribution is -2.51. The number of ether oxygens (including phenoxy) is 1. The lowest BCUT2D eigenvalue weighted by atomic mass is 10.1. The van der Waals surface area contributed by atoms with Crippen molar-refractivity contribution in [2.24, 2.45) is 0 Å². The fourth-order valence-corrected chi connectivity index (χ4v) is 4.29. The number of urea groups is 1. The SMILES string of the molecule is COCCn1c(C(C)N2CCN(C(=O)Nc3ccccc3C)CC2)nc2ccccc2c1=O. The van der Waals surface area contributed by atoms with E-state index in [9.17, 15) is 9.59 Å². The molecule has 1 atom stereocenters. The predicted octanol–water partition coefficient (Wildman–Crippen LogP) is 3.26. The van der Waals surface area contributed by atoms with E-state index in [2.05, 4.69) is 17.1 Å². The monoisotopic (exact) mass is 449 g/mol. The number of aryl methyl sites for hydroxylation is 1. The molecular weight excluding hydrogens is 418 g/mol. The number of benzene rings is 2. The van der Waals surface area contributed by atoms with E-state index in [1.54, 1.807) is 11.7 Å². The summed E-state index contributed by atoms with van der Waals surface area (Å²) in [5, 5.41) is 3.63. The van der Waals surface area contributed by atoms with Crippen LogP contribution in [0.5, 0.6) is 0 Å². The third-order valence-corrected chi connectivity index (χ3v) is 6.32. The Balaban J connectivity index is 1.49. The quantitative estimate of drug-likeness (QED) is 0.625. The summed E-state index contributed by atoms with van der Waals surface area (Å²) in [5.74, 6) is 0.730. The van der Waals surface area contributed by atoms with Crippen LogP contribution in [0, 0.1) is 6.92 Å². The van der Waals surface area contributed by atoms with Crippen molar-refractivity contribution in [3.63, 3.8) is 0 Å². The first-order chi connectivity index (χ1) is 16.0. The number of nitrogens with zero attached hydrogens (tertiary/aromatic N) is 4. The molecule has 33 heavy (non-hydrogen) atoms. The average molecular weight is 450 g/mol. The number of anilines is 1. The van der Waals surface area contributed by atoms with E-state index in [1.807, 2.05) is 60.4 Å². The van der Waals surface area contributed by atoms with Crippen LogP contribution in [0.25, 0.3) is 10.9 Å². The van der Waals surface area contributed by atoms with Gasteiger partial charge < -0.3 is 15.0 Å². The molecule has 0 aliphatic carbocycles. The molecule has 0 bridgehead atoms. The van der Waals surface area contributed by atoms with Crippen LogP contribution in [0.1, 0.15) is 24.4 Å². The molecule has 3 aromatic rings. The van der Waals surface area contributed by atoms with Crippen molar-refractivity contribution in [1.29, 1.82) is 0 Å². The van der Waals surface area contributed by atoms with Crippen LogP contribution in [0.3, 0.4) is 0 Å². The van der Waals surface area contributed by atoms with Crippen LogP contribution >= 0.6 is 0 Å². The van der Waals surface area contributed by atoms with Crippen molar-refractivity contribution >= 4 is 22.6 Å². The highest BCUT2D eigenvalue weighted by Crippen LogP contribution is 2.22. The number of nitrogens with one attached hydrogen (secondary N) is 1. The molecule has 2 amide bonds. The molecule has 8 heteroatoms. The summed E-state index contributed by atoms with van der Waals surface area (Å²) in [4.78, 5) is 34.9. The molecule has 1 unspecified atom stereocenters. The van der Waals surface area contributed by atoms with E-state index >= 15 is 0 Å². The largest absolute Gasteiger partial charge is 0.383 e. The van der Waals surface area contributed by atoms with Crippen molar-refractivity contribution in [3.8, 4) is 0 Å². The maximum atomic E-state index is 13.2. The summed E-state index contributed by atoms with van der Waals surface area (Å²) in [5.41, 5.74) is 2.53. The maximum Gasteiger partial charge on any atom is 0.321 e. The van der Waals surface area contributed by atoms with Crippen molar-refractivity contribution in [2.75, 3.05) is 45.2 Å². The minimum Gasteiger partial charge on any atom is -0.383 e. The van der Waals surface area contributed by atoms with E-state index in [-0.39, 0.29) is 17.6 Å². The minimum absolute atomic E-state index is 0.0456. The van der Waals surface area contributed by atoms with E-state index < -0.39 is 0 Å². The Kier molecular flexibility index (Phi) is 7.05. The van der Waals surface area contributed by atoms with Gasteiger partial charge in [0.25, 0.3) is 5.56 Å². The van der Waals surface area contributed by atoms with Gasteiger partial charge in [0, 0.05) is 39.0 Å². The Morgan fingerprint density at radius 3 is 2.52 bits per heavy atom. The molecule has 2 aromatic carbocycles. The maximum absolute atomic E-state index is 13.2. The van der Waals surface area contributed by atoms with Gasteiger partial charge >= 0.3 is 6.03 Å². The minimum atomic E-state index is -0.0857. The number of hydrogen-bond acceptors (Lipinski definition) is 5. The lowest BCUT2D eigenvalue weighted by Gasteiger charge is -2.38. The third-order valence-electron chi connectivity index (χ3n) is 6.32. The van der Waals surface area contributed by atoms with Crippen LogP contribution < -0.4 is 10.9 Å². The van der Waals surface area contributed by atoms with Crippen LogP contribution in [-0.2, 0) is 11.3 Å². The number of aromatic nitrogens is 2. The van der Waals surface area contributed by atoms with Gasteiger partial charge in [-0.25, -0.2) is 9.78 Å². The van der Waals surface area contributed by atoms with Crippen molar-refractivity contribution in [2.45, 2.75) is 26.4 Å². The van der Waals surface area contributed by atoms with Crippen LogP contribution in [0.2, 0.25) is 0 Å². The zero-order valence-corrected chi connectivity index (χ0v) is 19.5. The Morgan fingerprint density at radius 1 is 1.09 bits per heavy atom. The van der Waals surface area contributed by atoms with Gasteiger partial charge in [-0.2, -0.15) is 0 Å². The Bertz CT molecular complexity index is 1180. The molecule has 0 saturated carbocycles. The van der Waals surface area contributed by atoms with Gasteiger partial charge in [0.05, 0.1) is 30.1 Å². The number of piperazine rings is 1. The first kappa shape index (κ1) is 22.9. The average Bonchev–Trinajstić information content (AvgIpc) is 2.84. The second kappa shape index (κ2) is 10.1. The van der Waals surface area contributed by atoms with Gasteiger partial charge in [-0.3, -0.25) is 14.3 Å². The molecule has 4 rings (SSSR count). The summed E-state index contributed by atoms with van der Waals surface area (Å²) < 4.78 is 6.97. The van der Waals surface area contributed by atoms with E-state index in [0.29, 0.717) is 50.2 Å². The number of carbonyl (C=O) groups is 1. The molecule has 2 heterocycles. The number of hydrogen-bond donors (Lipinski definition) is 1. The molecule has 174 valence electrons. The fraction of sp³-hybridized carbons (Fsp3) is 0.400. The van der Waals surface area contributed by atoms with Crippen molar-refractivity contribution < 1.29 is 9.53 Å². The standard InChI is InChI=1S/C25H31N5O3/c1-18-8-4-6-10-21(18)27-25(32)29-14-12-28(13-15-29)19(2)23-26-22-11-7-5-9-20(22)24(31)30(23)16-17-33-3/h4-11,19H,12-17H2,1-3H3,(H,27,32). The van der Waals surface area contributed by atoms with Gasteiger partial charge in [0.1, 0.15) is 5.82 Å². The molecule has 0 spiro atoms. The van der Waals surface area contributed by atoms with Crippen LogP contribution in [-0.4, -0.2) is 65.3 Å². The topological polar surface area (TPSA) is 79.7 Å². The molecule has 0 radical (unpaired) electrons. The molecule has 1 N–H and O–H groups in total. The molecule has 1 aliphatic heterocycles. The van der Waals surface area contributed by atoms with Gasteiger partial charge in [0.15, 0.2) is 0 Å². The first-order valence-corrected chi connectivity index (χ1v) is 11.3. The molecule has 1 saturated heterocycles. The van der Waals surface area contributed by atoms with Crippen molar-refractivity contribution in [3.05, 3.63) is 70.3 Å². The smallest absolute Gasteiger partial charge is 0.321 e. The zero-order valence-electron chi connectivity index (χ0n) is 19.5. The highest BCUT2D eigenvalue weighted by molar-refractivity contribution is 5.90. The first-order valence-electron chi connectivity index (χ1n) is 11.3. The van der Waals surface area contributed by atoms with Crippen LogP contribution in [0.15, 0.2) is 53.3 Å². The number of para-hydroxylation sites is 2. The second-order valence-electron chi connectivity index (χ2n) is 8.38. The Hall–Kier alpha value is -3.23. The van der Waals surface area contributed by atoms with E-state index in [4.69, 9.17) is 9.72 Å². The fourth-order valence-electron chi connectivity index (χ4n) is 4.29. The van der Waals surface area contributed by atoms with Gasteiger partial charge in [-0.1, -0.05) is 30.3 Å². The van der Waals surface area contributed by atoms with E-state index in [0.717, 1.165) is 17.1 Å². The predicted molar refractivity (Wildman–Crippen MR) is 130 cm³/mol. The van der Waals surface area contributed by atoms with Gasteiger partial charge in [0.2, 0.25) is 0 Å². The summed E-state index contributed by atoms with van der Waals surface area (Å²) in [7, 11) is 1.63. The lowest BCUT2D eigenvalue weighted by molar-refractivity contribution is 0.112. The van der Waals surface area contributed by atoms with Crippen LogP contribution in [0.4, 0.5) is 10.5 Å². The molecule has 8 nitrogen and oxygen atoms in total. The number of fused-ring (bicyclic) bond motifs is 1. The Morgan fingerprint density at radius 2 is 1.79 bits per heavy atom. The second-order valence-corrected chi connectivity index (χ2v) is 8.38. The summed E-state index contributed by atoms with van der Waals surface area (Å²) in [6.45, 7) is 7.57. The number of methoxy groups -OCH3 is 1. The summed E-state index contributed by atoms with van der Waals surface area (Å²) >= 11 is 0.